The van der Waals surface area contributed by atoms with Crippen LogP contribution in [-0.2, 0) is 37.8 Å². The Hall–Kier alpha value is -2.70. The van der Waals surface area contributed by atoms with Gasteiger partial charge in [-0.3, -0.25) is 19.3 Å². The van der Waals surface area contributed by atoms with Crippen molar-refractivity contribution in [2.24, 2.45) is 13.0 Å². The summed E-state index contributed by atoms with van der Waals surface area (Å²) in [5, 5.41) is 7.37. The number of fused-ring (bicyclic) bond motifs is 1. The molecule has 1 aliphatic heterocycles. The van der Waals surface area contributed by atoms with Crippen molar-refractivity contribution in [1.29, 1.82) is 0 Å². The van der Waals surface area contributed by atoms with Crippen molar-refractivity contribution in [2.75, 3.05) is 6.54 Å². The van der Waals surface area contributed by atoms with Crippen LogP contribution in [-0.4, -0.2) is 38.0 Å². The summed E-state index contributed by atoms with van der Waals surface area (Å²) < 4.78 is 1.62. The summed E-state index contributed by atoms with van der Waals surface area (Å²) >= 11 is 0. The number of hydrogen-bond donors (Lipinski definition) is 1. The van der Waals surface area contributed by atoms with E-state index in [1.165, 1.54) is 5.56 Å². The molecule has 3 heterocycles. The number of carbonyl (C=O) groups is 2. The highest BCUT2D eigenvalue weighted by molar-refractivity contribution is 5.92. The van der Waals surface area contributed by atoms with Gasteiger partial charge in [-0.1, -0.05) is 20.8 Å². The van der Waals surface area contributed by atoms with Crippen LogP contribution >= 0.6 is 0 Å². The maximum Gasteiger partial charge on any atom is 0.269 e. The van der Waals surface area contributed by atoms with Crippen molar-refractivity contribution in [3.05, 3.63) is 46.0 Å². The topological polar surface area (TPSA) is 80.1 Å². The van der Waals surface area contributed by atoms with Crippen molar-refractivity contribution >= 4 is 11.8 Å². The molecule has 2 aromatic heterocycles. The van der Waals surface area contributed by atoms with Crippen molar-refractivity contribution in [2.45, 2.75) is 60.0 Å². The van der Waals surface area contributed by atoms with Crippen LogP contribution in [0.5, 0.6) is 0 Å². The van der Waals surface area contributed by atoms with Crippen LogP contribution in [0.4, 0.5) is 0 Å². The SMILES string of the molecule is CCc1cc(C(=O)NCc2c(C)ncc3c2CCN(C(=O)C(C)CC)C3)n(C)n1. The second-order valence-corrected chi connectivity index (χ2v) is 7.83. The lowest BCUT2D eigenvalue weighted by molar-refractivity contribution is -0.136. The smallest absolute Gasteiger partial charge is 0.269 e. The third-order valence-corrected chi connectivity index (χ3v) is 5.89. The summed E-state index contributed by atoms with van der Waals surface area (Å²) in [6, 6.07) is 1.83. The van der Waals surface area contributed by atoms with E-state index in [0.29, 0.717) is 25.3 Å². The van der Waals surface area contributed by atoms with Gasteiger partial charge >= 0.3 is 0 Å². The highest BCUT2D eigenvalue weighted by Crippen LogP contribution is 2.25. The second-order valence-electron chi connectivity index (χ2n) is 7.83. The molecule has 0 saturated carbocycles. The van der Waals surface area contributed by atoms with Crippen LogP contribution in [0.2, 0.25) is 0 Å². The van der Waals surface area contributed by atoms with Gasteiger partial charge in [-0.2, -0.15) is 5.10 Å². The molecule has 3 rings (SSSR count). The molecule has 2 amide bonds. The van der Waals surface area contributed by atoms with Gasteiger partial charge in [-0.05, 0) is 48.9 Å². The van der Waals surface area contributed by atoms with Gasteiger partial charge in [-0.15, -0.1) is 0 Å². The van der Waals surface area contributed by atoms with Crippen LogP contribution in [0.15, 0.2) is 12.3 Å². The number of hydrogen-bond acceptors (Lipinski definition) is 4. The third-order valence-electron chi connectivity index (χ3n) is 5.89. The van der Waals surface area contributed by atoms with E-state index in [9.17, 15) is 9.59 Å². The fourth-order valence-corrected chi connectivity index (χ4v) is 3.80. The molecule has 0 bridgehead atoms. The van der Waals surface area contributed by atoms with Crippen molar-refractivity contribution in [3.8, 4) is 0 Å². The van der Waals surface area contributed by atoms with Crippen molar-refractivity contribution in [1.82, 2.24) is 25.0 Å². The number of carbonyl (C=O) groups excluding carboxylic acids is 2. The normalized spacial score (nSPS) is 14.4. The average Bonchev–Trinajstić information content (AvgIpc) is 3.12. The van der Waals surface area contributed by atoms with Crippen molar-refractivity contribution in [3.63, 3.8) is 0 Å². The molecule has 0 aromatic carbocycles. The minimum absolute atomic E-state index is 0.0422. The van der Waals surface area contributed by atoms with E-state index in [0.717, 1.165) is 41.8 Å². The lowest BCUT2D eigenvalue weighted by atomic mass is 9.94. The summed E-state index contributed by atoms with van der Waals surface area (Å²) in [5.74, 6) is 0.109. The van der Waals surface area contributed by atoms with Crippen LogP contribution in [0.1, 0.15) is 65.8 Å². The molecule has 1 aliphatic rings. The first-order chi connectivity index (χ1) is 13.8. The standard InChI is InChI=1S/C22H31N5O2/c1-6-14(3)22(29)27-9-8-18-16(13-27)11-23-15(4)19(18)12-24-21(28)20-10-17(7-2)25-26(20)5/h10-11,14H,6-9,12-13H2,1-5H3,(H,24,28). The van der Waals surface area contributed by atoms with Crippen LogP contribution in [0.3, 0.4) is 0 Å². The monoisotopic (exact) mass is 397 g/mol. The highest BCUT2D eigenvalue weighted by Gasteiger charge is 2.26. The van der Waals surface area contributed by atoms with Gasteiger partial charge in [0.2, 0.25) is 5.91 Å². The first-order valence-corrected chi connectivity index (χ1v) is 10.4. The Balaban J connectivity index is 1.75. The minimum atomic E-state index is -0.138. The Kier molecular flexibility index (Phi) is 6.35. The molecule has 156 valence electrons. The quantitative estimate of drug-likeness (QED) is 0.812. The summed E-state index contributed by atoms with van der Waals surface area (Å²) in [6.07, 6.45) is 4.31. The van der Waals surface area contributed by atoms with Gasteiger partial charge < -0.3 is 10.2 Å². The third kappa shape index (κ3) is 4.33. The Morgan fingerprint density at radius 1 is 1.31 bits per heavy atom. The molecule has 7 heteroatoms. The maximum atomic E-state index is 12.7. The van der Waals surface area contributed by atoms with Crippen molar-refractivity contribution < 1.29 is 9.59 Å². The number of rotatable bonds is 6. The Morgan fingerprint density at radius 2 is 2.07 bits per heavy atom. The molecule has 1 unspecified atom stereocenters. The molecule has 0 aliphatic carbocycles. The number of nitrogens with one attached hydrogen (secondary N) is 1. The molecular weight excluding hydrogens is 366 g/mol. The first kappa shape index (κ1) is 21.0. The van der Waals surface area contributed by atoms with E-state index in [1.807, 2.05) is 44.9 Å². The molecule has 2 aromatic rings. The zero-order chi connectivity index (χ0) is 21.1. The zero-order valence-electron chi connectivity index (χ0n) is 18.1. The highest BCUT2D eigenvalue weighted by atomic mass is 16.2. The number of pyridine rings is 1. The number of nitrogens with zero attached hydrogens (tertiary/aromatic N) is 4. The summed E-state index contributed by atoms with van der Waals surface area (Å²) in [5.41, 5.74) is 5.73. The molecule has 1 N–H and O–H groups in total. The van der Waals surface area contributed by atoms with Crippen LogP contribution in [0.25, 0.3) is 0 Å². The van der Waals surface area contributed by atoms with E-state index >= 15 is 0 Å². The first-order valence-electron chi connectivity index (χ1n) is 10.4. The Labute approximate surface area is 172 Å². The van der Waals surface area contributed by atoms with Gasteiger partial charge in [0.15, 0.2) is 0 Å². The lowest BCUT2D eigenvalue weighted by Crippen LogP contribution is -2.39. The summed E-state index contributed by atoms with van der Waals surface area (Å²) in [4.78, 5) is 31.7. The predicted molar refractivity (Wildman–Crippen MR) is 111 cm³/mol. The number of amides is 2. The molecule has 0 spiro atoms. The zero-order valence-corrected chi connectivity index (χ0v) is 18.1. The van der Waals surface area contributed by atoms with E-state index in [-0.39, 0.29) is 17.7 Å². The van der Waals surface area contributed by atoms with E-state index in [2.05, 4.69) is 15.4 Å². The van der Waals surface area contributed by atoms with E-state index in [4.69, 9.17) is 0 Å². The van der Waals surface area contributed by atoms with Gasteiger partial charge in [-0.25, -0.2) is 0 Å². The lowest BCUT2D eigenvalue weighted by Gasteiger charge is -2.32. The van der Waals surface area contributed by atoms with Gasteiger partial charge in [0.1, 0.15) is 5.69 Å². The molecule has 0 fully saturated rings. The molecule has 1 atom stereocenters. The molecular formula is C22H31N5O2. The molecule has 7 nitrogen and oxygen atoms in total. The minimum Gasteiger partial charge on any atom is -0.347 e. The van der Waals surface area contributed by atoms with Crippen LogP contribution in [0, 0.1) is 12.8 Å². The molecule has 0 radical (unpaired) electrons. The van der Waals surface area contributed by atoms with Gasteiger partial charge in [0.05, 0.1) is 5.69 Å². The average molecular weight is 398 g/mol. The van der Waals surface area contributed by atoms with E-state index < -0.39 is 0 Å². The second kappa shape index (κ2) is 8.76. The largest absolute Gasteiger partial charge is 0.347 e. The summed E-state index contributed by atoms with van der Waals surface area (Å²) in [6.45, 7) is 9.73. The predicted octanol–water partition coefficient (Wildman–Crippen LogP) is 2.55. The summed E-state index contributed by atoms with van der Waals surface area (Å²) in [7, 11) is 1.79. The number of aromatic nitrogens is 3. The number of aryl methyl sites for hydroxylation is 3. The molecule has 29 heavy (non-hydrogen) atoms. The van der Waals surface area contributed by atoms with Gasteiger partial charge in [0, 0.05) is 44.5 Å². The van der Waals surface area contributed by atoms with Gasteiger partial charge in [0.25, 0.3) is 5.91 Å². The fraction of sp³-hybridized carbons (Fsp3) is 0.545. The Morgan fingerprint density at radius 3 is 2.72 bits per heavy atom. The van der Waals surface area contributed by atoms with Crippen LogP contribution < -0.4 is 5.32 Å². The fourth-order valence-electron chi connectivity index (χ4n) is 3.80. The Bertz CT molecular complexity index is 918. The van der Waals surface area contributed by atoms with E-state index in [1.54, 1.807) is 11.7 Å². The maximum absolute atomic E-state index is 12.7. The molecule has 0 saturated heterocycles.